The summed E-state index contributed by atoms with van der Waals surface area (Å²) in [5.41, 5.74) is 0. The lowest BCUT2D eigenvalue weighted by atomic mass is 10.0. The van der Waals surface area contributed by atoms with Crippen LogP contribution in [0.4, 0.5) is 4.79 Å². The molecule has 104 valence electrons. The first-order valence-corrected chi connectivity index (χ1v) is 6.90. The Kier molecular flexibility index (Phi) is 6.54. The minimum Gasteiger partial charge on any atom is -0.480 e. The van der Waals surface area contributed by atoms with Gasteiger partial charge in [0, 0.05) is 6.54 Å². The summed E-state index contributed by atoms with van der Waals surface area (Å²) in [7, 11) is 0. The summed E-state index contributed by atoms with van der Waals surface area (Å²) >= 11 is 0. The average Bonchev–Trinajstić information content (AvgIpc) is 2.81. The third kappa shape index (κ3) is 5.38. The van der Waals surface area contributed by atoms with Gasteiger partial charge in [-0.25, -0.2) is 9.59 Å². The number of amides is 2. The third-order valence-corrected chi connectivity index (χ3v) is 3.49. The number of carboxylic acid groups (broad SMARTS) is 1. The Balaban J connectivity index is 2.16. The van der Waals surface area contributed by atoms with Gasteiger partial charge in [0.15, 0.2) is 0 Å². The van der Waals surface area contributed by atoms with Crippen molar-refractivity contribution in [2.24, 2.45) is 5.92 Å². The van der Waals surface area contributed by atoms with Gasteiger partial charge in [-0.1, -0.05) is 39.0 Å². The lowest BCUT2D eigenvalue weighted by molar-refractivity contribution is -0.139. The maximum absolute atomic E-state index is 11.5. The molecule has 0 unspecified atom stereocenters. The van der Waals surface area contributed by atoms with Gasteiger partial charge in [-0.15, -0.1) is 0 Å². The number of rotatable bonds is 7. The van der Waals surface area contributed by atoms with E-state index in [-0.39, 0.29) is 6.03 Å². The van der Waals surface area contributed by atoms with Crippen molar-refractivity contribution in [3.63, 3.8) is 0 Å². The summed E-state index contributed by atoms with van der Waals surface area (Å²) in [6, 6.07) is -1.14. The fourth-order valence-corrected chi connectivity index (χ4v) is 2.44. The van der Waals surface area contributed by atoms with Gasteiger partial charge in [-0.3, -0.25) is 0 Å². The van der Waals surface area contributed by atoms with Gasteiger partial charge in [-0.05, 0) is 18.8 Å². The quantitative estimate of drug-likeness (QED) is 0.653. The van der Waals surface area contributed by atoms with Gasteiger partial charge in [0.05, 0.1) is 0 Å². The molecule has 3 N–H and O–H groups in total. The van der Waals surface area contributed by atoms with Crippen LogP contribution in [0.1, 0.15) is 51.9 Å². The van der Waals surface area contributed by atoms with Crippen LogP contribution in [-0.2, 0) is 4.79 Å². The maximum atomic E-state index is 11.5. The van der Waals surface area contributed by atoms with Gasteiger partial charge in [0.1, 0.15) is 6.04 Å². The second-order valence-corrected chi connectivity index (χ2v) is 5.02. The number of hydrogen-bond donors (Lipinski definition) is 3. The van der Waals surface area contributed by atoms with E-state index in [2.05, 4.69) is 10.6 Å². The van der Waals surface area contributed by atoms with Crippen molar-refractivity contribution in [3.05, 3.63) is 0 Å². The van der Waals surface area contributed by atoms with Crippen LogP contribution in [0, 0.1) is 5.92 Å². The van der Waals surface area contributed by atoms with E-state index in [0.29, 0.717) is 13.0 Å². The van der Waals surface area contributed by atoms with E-state index in [9.17, 15) is 9.59 Å². The van der Waals surface area contributed by atoms with Crippen molar-refractivity contribution < 1.29 is 14.7 Å². The summed E-state index contributed by atoms with van der Waals surface area (Å²) < 4.78 is 0. The first-order valence-electron chi connectivity index (χ1n) is 6.90. The zero-order valence-corrected chi connectivity index (χ0v) is 11.1. The van der Waals surface area contributed by atoms with Crippen molar-refractivity contribution in [1.29, 1.82) is 0 Å². The van der Waals surface area contributed by atoms with Crippen molar-refractivity contribution >= 4 is 12.0 Å². The van der Waals surface area contributed by atoms with Crippen LogP contribution >= 0.6 is 0 Å². The number of carbonyl (C=O) groups is 2. The number of carbonyl (C=O) groups excluding carboxylic acids is 1. The molecular formula is C13H24N2O3. The topological polar surface area (TPSA) is 78.4 Å². The molecule has 5 heteroatoms. The second kappa shape index (κ2) is 7.95. The van der Waals surface area contributed by atoms with Gasteiger partial charge in [0.25, 0.3) is 0 Å². The average molecular weight is 256 g/mol. The molecule has 1 atom stereocenters. The highest BCUT2D eigenvalue weighted by molar-refractivity contribution is 5.82. The van der Waals surface area contributed by atoms with Crippen LogP contribution in [0.15, 0.2) is 0 Å². The summed E-state index contributed by atoms with van der Waals surface area (Å²) in [4.78, 5) is 22.4. The smallest absolute Gasteiger partial charge is 0.326 e. The van der Waals surface area contributed by atoms with Gasteiger partial charge in [0.2, 0.25) is 0 Å². The zero-order chi connectivity index (χ0) is 13.4. The number of nitrogens with one attached hydrogen (secondary N) is 2. The van der Waals surface area contributed by atoms with E-state index in [4.69, 9.17) is 5.11 Å². The second-order valence-electron chi connectivity index (χ2n) is 5.02. The molecule has 0 bridgehead atoms. The van der Waals surface area contributed by atoms with Gasteiger partial charge in [-0.2, -0.15) is 0 Å². The molecule has 18 heavy (non-hydrogen) atoms. The van der Waals surface area contributed by atoms with E-state index >= 15 is 0 Å². The fourth-order valence-electron chi connectivity index (χ4n) is 2.44. The molecule has 1 rings (SSSR count). The predicted molar refractivity (Wildman–Crippen MR) is 69.4 cm³/mol. The molecule has 0 aromatic rings. The Hall–Kier alpha value is -1.26. The summed E-state index contributed by atoms with van der Waals surface area (Å²) in [6.45, 7) is 2.53. The first-order chi connectivity index (χ1) is 8.63. The Morgan fingerprint density at radius 3 is 2.56 bits per heavy atom. The molecule has 1 fully saturated rings. The molecule has 2 amide bonds. The minimum atomic E-state index is -0.970. The number of aliphatic carboxylic acids is 1. The molecule has 5 nitrogen and oxygen atoms in total. The van der Waals surface area contributed by atoms with Crippen molar-refractivity contribution in [2.75, 3.05) is 6.54 Å². The highest BCUT2D eigenvalue weighted by atomic mass is 16.4. The molecule has 1 aliphatic carbocycles. The third-order valence-electron chi connectivity index (χ3n) is 3.49. The van der Waals surface area contributed by atoms with Crippen LogP contribution in [0.25, 0.3) is 0 Å². The molecule has 0 spiro atoms. The van der Waals surface area contributed by atoms with E-state index < -0.39 is 12.0 Å². The van der Waals surface area contributed by atoms with E-state index in [0.717, 1.165) is 18.8 Å². The highest BCUT2D eigenvalue weighted by Gasteiger charge is 2.19. The predicted octanol–water partition coefficient (Wildman–Crippen LogP) is 2.12. The Morgan fingerprint density at radius 1 is 1.33 bits per heavy atom. The lowest BCUT2D eigenvalue weighted by Gasteiger charge is -2.15. The van der Waals surface area contributed by atoms with Crippen LogP contribution in [0.3, 0.4) is 0 Å². The largest absolute Gasteiger partial charge is 0.480 e. The number of hydrogen-bond acceptors (Lipinski definition) is 2. The SMILES string of the molecule is CCC[C@@H](NC(=O)NCCC1CCCC1)C(=O)O. The Bertz CT molecular complexity index is 275. The minimum absolute atomic E-state index is 0.367. The highest BCUT2D eigenvalue weighted by Crippen LogP contribution is 2.26. The fraction of sp³-hybridized carbons (Fsp3) is 0.846. The molecule has 0 aromatic carbocycles. The molecule has 0 heterocycles. The lowest BCUT2D eigenvalue weighted by Crippen LogP contribution is -2.46. The van der Waals surface area contributed by atoms with Crippen molar-refractivity contribution in [1.82, 2.24) is 10.6 Å². The van der Waals surface area contributed by atoms with E-state index in [1.54, 1.807) is 0 Å². The van der Waals surface area contributed by atoms with E-state index in [1.165, 1.54) is 25.7 Å². The summed E-state index contributed by atoms with van der Waals surface area (Å²) in [5.74, 6) is -0.237. The zero-order valence-electron chi connectivity index (χ0n) is 11.1. The first kappa shape index (κ1) is 14.8. The Labute approximate surface area is 108 Å². The number of urea groups is 1. The van der Waals surface area contributed by atoms with Crippen LogP contribution < -0.4 is 10.6 Å². The molecule has 0 radical (unpaired) electrons. The standard InChI is InChI=1S/C13H24N2O3/c1-2-5-11(12(16)17)15-13(18)14-9-8-10-6-3-4-7-10/h10-11H,2-9H2,1H3,(H,16,17)(H2,14,15,18)/t11-/m1/s1. The summed E-state index contributed by atoms with van der Waals surface area (Å²) in [5, 5.41) is 14.1. The molecule has 0 saturated heterocycles. The van der Waals surface area contributed by atoms with Crippen LogP contribution in [0.5, 0.6) is 0 Å². The van der Waals surface area contributed by atoms with Gasteiger partial charge < -0.3 is 15.7 Å². The molecule has 1 aliphatic rings. The maximum Gasteiger partial charge on any atom is 0.326 e. The molecule has 0 aromatic heterocycles. The van der Waals surface area contributed by atoms with Crippen LogP contribution in [-0.4, -0.2) is 29.7 Å². The van der Waals surface area contributed by atoms with Crippen molar-refractivity contribution in [2.45, 2.75) is 57.9 Å². The van der Waals surface area contributed by atoms with Crippen LogP contribution in [0.2, 0.25) is 0 Å². The summed E-state index contributed by atoms with van der Waals surface area (Å²) in [6.07, 6.45) is 7.32. The number of carboxylic acids is 1. The molecular weight excluding hydrogens is 232 g/mol. The Morgan fingerprint density at radius 2 is 2.00 bits per heavy atom. The van der Waals surface area contributed by atoms with Gasteiger partial charge >= 0.3 is 12.0 Å². The molecule has 1 saturated carbocycles. The monoisotopic (exact) mass is 256 g/mol. The van der Waals surface area contributed by atoms with E-state index in [1.807, 2.05) is 6.92 Å². The molecule has 0 aliphatic heterocycles. The van der Waals surface area contributed by atoms with Crippen molar-refractivity contribution in [3.8, 4) is 0 Å². The normalized spacial score (nSPS) is 17.4.